The van der Waals surface area contributed by atoms with E-state index in [-0.39, 0.29) is 11.5 Å². The second-order valence-electron chi connectivity index (χ2n) is 2.92. The zero-order valence-corrected chi connectivity index (χ0v) is 9.67. The summed E-state index contributed by atoms with van der Waals surface area (Å²) >= 11 is 5.55. The highest BCUT2D eigenvalue weighted by Crippen LogP contribution is 2.38. The number of carbonyl (C=O) groups excluding carboxylic acids is 1. The van der Waals surface area contributed by atoms with Crippen LogP contribution < -0.4 is 9.47 Å². The number of ketones is 1. The molecule has 0 spiro atoms. The first kappa shape index (κ1) is 13.2. The second kappa shape index (κ2) is 5.01. The van der Waals surface area contributed by atoms with Gasteiger partial charge in [-0.2, -0.15) is 0 Å². The fraction of sp³-hybridized carbons (Fsp3) is 0.200. The minimum atomic E-state index is -1.77. The fourth-order valence-electron chi connectivity index (χ4n) is 1.25. The number of carboxylic acids is 1. The average Bonchev–Trinajstić information content (AvgIpc) is 2.30. The molecule has 1 aromatic carbocycles. The van der Waals surface area contributed by atoms with Gasteiger partial charge in [0.25, 0.3) is 5.78 Å². The third-order valence-corrected chi connectivity index (χ3v) is 2.35. The van der Waals surface area contributed by atoms with E-state index < -0.39 is 28.2 Å². The van der Waals surface area contributed by atoms with E-state index in [0.29, 0.717) is 0 Å². The second-order valence-corrected chi connectivity index (χ2v) is 3.30. The number of Topliss-reactive ketones (excluding diaryl/α,β-unsaturated/α-hetero) is 1. The molecular weight excluding hydrogens is 255 g/mol. The Morgan fingerprint density at radius 3 is 2.35 bits per heavy atom. The minimum Gasteiger partial charge on any atom is -0.493 e. The van der Waals surface area contributed by atoms with E-state index in [0.717, 1.165) is 6.07 Å². The van der Waals surface area contributed by atoms with Gasteiger partial charge in [0, 0.05) is 6.07 Å². The summed E-state index contributed by atoms with van der Waals surface area (Å²) in [6.07, 6.45) is 0. The molecule has 0 fully saturated rings. The maximum absolute atomic E-state index is 13.4. The van der Waals surface area contributed by atoms with Gasteiger partial charge in [-0.3, -0.25) is 4.79 Å². The lowest BCUT2D eigenvalue weighted by Crippen LogP contribution is -2.15. The van der Waals surface area contributed by atoms with E-state index in [1.54, 1.807) is 0 Å². The molecule has 0 aliphatic heterocycles. The highest BCUT2D eigenvalue weighted by Gasteiger charge is 2.28. The summed E-state index contributed by atoms with van der Waals surface area (Å²) in [6.45, 7) is 0. The van der Waals surface area contributed by atoms with E-state index >= 15 is 0 Å². The highest BCUT2D eigenvalue weighted by molar-refractivity contribution is 6.45. The van der Waals surface area contributed by atoms with Crippen molar-refractivity contribution in [1.82, 2.24) is 0 Å². The Morgan fingerprint density at radius 2 is 1.94 bits per heavy atom. The summed E-state index contributed by atoms with van der Waals surface area (Å²) < 4.78 is 22.9. The summed E-state index contributed by atoms with van der Waals surface area (Å²) in [5.41, 5.74) is -0.571. The van der Waals surface area contributed by atoms with Gasteiger partial charge in [-0.15, -0.1) is 0 Å². The van der Waals surface area contributed by atoms with Gasteiger partial charge in [0.2, 0.25) is 0 Å². The average molecular weight is 263 g/mol. The van der Waals surface area contributed by atoms with Crippen LogP contribution in [0.15, 0.2) is 6.07 Å². The van der Waals surface area contributed by atoms with Crippen molar-refractivity contribution in [3.63, 3.8) is 0 Å². The van der Waals surface area contributed by atoms with E-state index in [4.69, 9.17) is 26.2 Å². The molecule has 1 rings (SSSR count). The number of benzene rings is 1. The first-order valence-corrected chi connectivity index (χ1v) is 4.69. The zero-order valence-electron chi connectivity index (χ0n) is 8.91. The molecule has 0 amide bonds. The minimum absolute atomic E-state index is 0.112. The van der Waals surface area contributed by atoms with Crippen LogP contribution in [-0.2, 0) is 4.79 Å². The van der Waals surface area contributed by atoms with Gasteiger partial charge in [0.1, 0.15) is 5.82 Å². The van der Waals surface area contributed by atoms with E-state index in [1.165, 1.54) is 14.2 Å². The molecule has 0 unspecified atom stereocenters. The van der Waals surface area contributed by atoms with Crippen molar-refractivity contribution in [2.45, 2.75) is 0 Å². The largest absolute Gasteiger partial charge is 0.493 e. The van der Waals surface area contributed by atoms with Crippen LogP contribution in [0.3, 0.4) is 0 Å². The molecule has 0 radical (unpaired) electrons. The number of aliphatic carboxylic acids is 1. The van der Waals surface area contributed by atoms with E-state index in [2.05, 4.69) is 0 Å². The van der Waals surface area contributed by atoms with Crippen LogP contribution in [0.5, 0.6) is 11.5 Å². The van der Waals surface area contributed by atoms with E-state index in [9.17, 15) is 14.0 Å². The first-order valence-electron chi connectivity index (χ1n) is 4.31. The number of ether oxygens (including phenoxy) is 2. The summed E-state index contributed by atoms with van der Waals surface area (Å²) in [5.74, 6) is -4.43. The first-order chi connectivity index (χ1) is 7.93. The number of halogens is 2. The van der Waals surface area contributed by atoms with Gasteiger partial charge in [-0.05, 0) is 0 Å². The van der Waals surface area contributed by atoms with Gasteiger partial charge in [-0.25, -0.2) is 9.18 Å². The van der Waals surface area contributed by atoms with E-state index in [1.807, 2.05) is 0 Å². The van der Waals surface area contributed by atoms with Crippen molar-refractivity contribution in [2.24, 2.45) is 0 Å². The Kier molecular flexibility index (Phi) is 3.90. The van der Waals surface area contributed by atoms with Crippen molar-refractivity contribution in [3.8, 4) is 11.5 Å². The lowest BCUT2D eigenvalue weighted by molar-refractivity contribution is -0.131. The molecule has 0 aliphatic rings. The molecule has 0 heterocycles. The van der Waals surface area contributed by atoms with Crippen molar-refractivity contribution in [3.05, 3.63) is 22.5 Å². The van der Waals surface area contributed by atoms with Crippen LogP contribution in [0, 0.1) is 5.82 Å². The van der Waals surface area contributed by atoms with Crippen LogP contribution >= 0.6 is 11.6 Å². The SMILES string of the molecule is COc1cc(F)c(Cl)c(C(=O)C(=O)O)c1OC. The molecule has 17 heavy (non-hydrogen) atoms. The molecule has 0 aromatic heterocycles. The third-order valence-electron chi connectivity index (χ3n) is 1.98. The topological polar surface area (TPSA) is 72.8 Å². The number of rotatable bonds is 4. The molecule has 0 aliphatic carbocycles. The van der Waals surface area contributed by atoms with Gasteiger partial charge in [-0.1, -0.05) is 11.6 Å². The monoisotopic (exact) mass is 262 g/mol. The molecule has 0 saturated heterocycles. The van der Waals surface area contributed by atoms with Crippen molar-refractivity contribution in [2.75, 3.05) is 14.2 Å². The summed E-state index contributed by atoms with van der Waals surface area (Å²) in [6, 6.07) is 0.903. The fourth-order valence-corrected chi connectivity index (χ4v) is 1.48. The quantitative estimate of drug-likeness (QED) is 0.661. The van der Waals surface area contributed by atoms with Crippen LogP contribution in [0.1, 0.15) is 10.4 Å². The normalized spacial score (nSPS) is 9.88. The van der Waals surface area contributed by atoms with Gasteiger partial charge in [0.05, 0.1) is 24.8 Å². The Morgan fingerprint density at radius 1 is 1.35 bits per heavy atom. The number of carbonyl (C=O) groups is 2. The van der Waals surface area contributed by atoms with Crippen LogP contribution in [0.2, 0.25) is 5.02 Å². The summed E-state index contributed by atoms with van der Waals surface area (Å²) in [4.78, 5) is 22.0. The van der Waals surface area contributed by atoms with Crippen molar-refractivity contribution >= 4 is 23.4 Å². The molecule has 7 heteroatoms. The third kappa shape index (κ3) is 2.31. The molecule has 0 bridgehead atoms. The Hall–Kier alpha value is -1.82. The molecule has 1 aromatic rings. The Labute approximate surface area is 101 Å². The molecule has 1 N–H and O–H groups in total. The smallest absolute Gasteiger partial charge is 0.377 e. The maximum atomic E-state index is 13.4. The van der Waals surface area contributed by atoms with Crippen molar-refractivity contribution in [1.29, 1.82) is 0 Å². The van der Waals surface area contributed by atoms with Crippen LogP contribution in [0.25, 0.3) is 0 Å². The van der Waals surface area contributed by atoms with Crippen molar-refractivity contribution < 1.29 is 28.6 Å². The molecular formula is C10H8ClFO5. The van der Waals surface area contributed by atoms with Crippen LogP contribution in [-0.4, -0.2) is 31.1 Å². The Bertz CT molecular complexity index is 486. The summed E-state index contributed by atoms with van der Waals surface area (Å²) in [5, 5.41) is 7.99. The van der Waals surface area contributed by atoms with Gasteiger partial charge >= 0.3 is 5.97 Å². The zero-order chi connectivity index (χ0) is 13.2. The highest BCUT2D eigenvalue weighted by atomic mass is 35.5. The number of hydrogen-bond donors (Lipinski definition) is 1. The van der Waals surface area contributed by atoms with Gasteiger partial charge in [0.15, 0.2) is 11.5 Å². The molecule has 0 saturated carbocycles. The molecule has 0 atom stereocenters. The summed E-state index contributed by atoms with van der Waals surface area (Å²) in [7, 11) is 2.41. The predicted molar refractivity (Wildman–Crippen MR) is 56.5 cm³/mol. The molecule has 5 nitrogen and oxygen atoms in total. The van der Waals surface area contributed by atoms with Crippen LogP contribution in [0.4, 0.5) is 4.39 Å². The lowest BCUT2D eigenvalue weighted by Gasteiger charge is -2.12. The Balaban J connectivity index is 3.60. The predicted octanol–water partition coefficient (Wildman–Crippen LogP) is 1.76. The maximum Gasteiger partial charge on any atom is 0.377 e. The standard InChI is InChI=1S/C10H8ClFO5/c1-16-5-3-4(12)7(11)6(9(5)17-2)8(13)10(14)15/h3H,1-2H3,(H,14,15). The molecule has 92 valence electrons. The number of carboxylic acid groups (broad SMARTS) is 1. The number of methoxy groups -OCH3 is 2. The van der Waals surface area contributed by atoms with Gasteiger partial charge < -0.3 is 14.6 Å². The number of hydrogen-bond acceptors (Lipinski definition) is 4. The lowest BCUT2D eigenvalue weighted by atomic mass is 10.1.